The van der Waals surface area contributed by atoms with E-state index >= 15 is 0 Å². The fourth-order valence-electron chi connectivity index (χ4n) is 5.02. The van der Waals surface area contributed by atoms with Crippen LogP contribution in [0.1, 0.15) is 67.2 Å². The third-order valence-electron chi connectivity index (χ3n) is 6.83. The lowest BCUT2D eigenvalue weighted by Gasteiger charge is -2.42. The van der Waals surface area contributed by atoms with Gasteiger partial charge in [-0.2, -0.15) is 0 Å². The molecular formula is C18H30O4. The van der Waals surface area contributed by atoms with Crippen molar-refractivity contribution in [1.29, 1.82) is 0 Å². The summed E-state index contributed by atoms with van der Waals surface area (Å²) < 4.78 is 18.7. The van der Waals surface area contributed by atoms with E-state index < -0.39 is 5.79 Å². The van der Waals surface area contributed by atoms with Gasteiger partial charge in [0.1, 0.15) is 0 Å². The summed E-state index contributed by atoms with van der Waals surface area (Å²) in [5.41, 5.74) is -0.0568. The number of hydrogen-bond acceptors (Lipinski definition) is 4. The molecule has 126 valence electrons. The Balaban J connectivity index is 1.98. The molecule has 3 fully saturated rings. The van der Waals surface area contributed by atoms with Crippen molar-refractivity contribution in [3.05, 3.63) is 0 Å². The molecule has 2 saturated carbocycles. The van der Waals surface area contributed by atoms with Crippen LogP contribution in [-0.2, 0) is 19.0 Å². The van der Waals surface area contributed by atoms with Gasteiger partial charge in [0.05, 0.1) is 12.2 Å². The summed E-state index contributed by atoms with van der Waals surface area (Å²) in [5, 5.41) is 0. The van der Waals surface area contributed by atoms with Gasteiger partial charge in [0.15, 0.2) is 6.10 Å². The molecule has 2 aliphatic carbocycles. The maximum absolute atomic E-state index is 12.2. The fraction of sp³-hybridized carbons (Fsp3) is 0.944. The molecule has 0 aromatic rings. The Morgan fingerprint density at radius 1 is 1.18 bits per heavy atom. The summed E-state index contributed by atoms with van der Waals surface area (Å²) in [7, 11) is 0. The lowest BCUT2D eigenvalue weighted by molar-refractivity contribution is -0.270. The van der Waals surface area contributed by atoms with E-state index in [9.17, 15) is 4.79 Å². The summed E-state index contributed by atoms with van der Waals surface area (Å²) in [6, 6.07) is 0. The van der Waals surface area contributed by atoms with Gasteiger partial charge in [-0.15, -0.1) is 0 Å². The monoisotopic (exact) mass is 310 g/mol. The molecule has 22 heavy (non-hydrogen) atoms. The summed E-state index contributed by atoms with van der Waals surface area (Å²) in [6.45, 7) is 12.9. The molecule has 1 saturated heterocycles. The van der Waals surface area contributed by atoms with E-state index in [0.717, 1.165) is 19.3 Å². The van der Waals surface area contributed by atoms with Crippen LogP contribution in [-0.4, -0.2) is 30.1 Å². The summed E-state index contributed by atoms with van der Waals surface area (Å²) in [4.78, 5) is 12.2. The Kier molecular flexibility index (Phi) is 3.65. The van der Waals surface area contributed by atoms with Gasteiger partial charge in [0.2, 0.25) is 5.79 Å². The number of carbonyl (C=O) groups is 1. The van der Waals surface area contributed by atoms with Crippen LogP contribution in [0.3, 0.4) is 0 Å². The van der Waals surface area contributed by atoms with Gasteiger partial charge in [-0.1, -0.05) is 27.7 Å². The molecule has 1 heterocycles. The number of esters is 1. The van der Waals surface area contributed by atoms with Crippen LogP contribution in [0.4, 0.5) is 0 Å². The Morgan fingerprint density at radius 3 is 2.32 bits per heavy atom. The Morgan fingerprint density at radius 2 is 1.77 bits per heavy atom. The SMILES string of the molecule is CCCC(=O)O[C@@H]1C2(O[C@@H](C)[C@@H](C)O2)[C@H]2CC[C@]1(C)C2(C)C. The molecule has 3 rings (SSSR count). The second kappa shape index (κ2) is 4.94. The van der Waals surface area contributed by atoms with Crippen molar-refractivity contribution in [3.63, 3.8) is 0 Å². The van der Waals surface area contributed by atoms with E-state index in [-0.39, 0.29) is 41.0 Å². The molecule has 0 aromatic heterocycles. The first kappa shape index (κ1) is 16.3. The molecule has 6 atom stereocenters. The van der Waals surface area contributed by atoms with E-state index in [0.29, 0.717) is 6.42 Å². The molecule has 1 spiro atoms. The fourth-order valence-corrected chi connectivity index (χ4v) is 5.02. The van der Waals surface area contributed by atoms with Crippen LogP contribution in [0.15, 0.2) is 0 Å². The first-order valence-electron chi connectivity index (χ1n) is 8.74. The van der Waals surface area contributed by atoms with Crippen molar-refractivity contribution < 1.29 is 19.0 Å². The molecule has 4 heteroatoms. The number of hydrogen-bond donors (Lipinski definition) is 0. The third-order valence-corrected chi connectivity index (χ3v) is 6.83. The van der Waals surface area contributed by atoms with Crippen molar-refractivity contribution >= 4 is 5.97 Å². The van der Waals surface area contributed by atoms with Crippen LogP contribution in [0.2, 0.25) is 0 Å². The second-order valence-electron chi connectivity index (χ2n) is 8.22. The normalized spacial score (nSPS) is 49.0. The minimum absolute atomic E-state index is 0.0335. The maximum atomic E-state index is 12.2. The number of fused-ring (bicyclic) bond motifs is 3. The quantitative estimate of drug-likeness (QED) is 0.746. The molecule has 2 bridgehead atoms. The average Bonchev–Trinajstić information content (AvgIpc) is 2.87. The smallest absolute Gasteiger partial charge is 0.306 e. The number of ether oxygens (including phenoxy) is 3. The first-order valence-corrected chi connectivity index (χ1v) is 8.74. The van der Waals surface area contributed by atoms with Crippen LogP contribution in [0, 0.1) is 16.7 Å². The molecular weight excluding hydrogens is 280 g/mol. The number of carbonyl (C=O) groups excluding carboxylic acids is 1. The highest BCUT2D eigenvalue weighted by Gasteiger charge is 2.78. The van der Waals surface area contributed by atoms with Crippen molar-refractivity contribution in [1.82, 2.24) is 0 Å². The molecule has 1 unspecified atom stereocenters. The summed E-state index contributed by atoms with van der Waals surface area (Å²) >= 11 is 0. The van der Waals surface area contributed by atoms with E-state index in [1.165, 1.54) is 0 Å². The van der Waals surface area contributed by atoms with E-state index in [1.54, 1.807) is 0 Å². The third kappa shape index (κ3) is 1.86. The predicted octanol–water partition coefficient (Wildman–Crippen LogP) is 3.67. The Labute approximate surface area is 133 Å². The van der Waals surface area contributed by atoms with E-state index in [1.807, 2.05) is 20.8 Å². The van der Waals surface area contributed by atoms with Crippen molar-refractivity contribution in [3.8, 4) is 0 Å². The zero-order valence-corrected chi connectivity index (χ0v) is 14.8. The molecule has 3 aliphatic rings. The highest BCUT2D eigenvalue weighted by molar-refractivity contribution is 5.69. The van der Waals surface area contributed by atoms with Crippen LogP contribution in [0.25, 0.3) is 0 Å². The van der Waals surface area contributed by atoms with Gasteiger partial charge in [-0.25, -0.2) is 0 Å². The first-order chi connectivity index (χ1) is 10.2. The minimum Gasteiger partial charge on any atom is -0.456 e. The van der Waals surface area contributed by atoms with Crippen LogP contribution < -0.4 is 0 Å². The predicted molar refractivity (Wildman–Crippen MR) is 83.2 cm³/mol. The standard InChI is InChI=1S/C18H30O4/c1-7-8-14(19)20-15-17(6)10-9-13(16(17,4)5)18(15)21-11(2)12(3)22-18/h11-13,15H,7-10H2,1-6H3/t11-,12+,13-,15-,17-,18?/m0/s1. The second-order valence-corrected chi connectivity index (χ2v) is 8.22. The highest BCUT2D eigenvalue weighted by atomic mass is 16.8. The van der Waals surface area contributed by atoms with Gasteiger partial charge in [-0.3, -0.25) is 4.79 Å². The lowest BCUT2D eigenvalue weighted by Crippen LogP contribution is -2.53. The van der Waals surface area contributed by atoms with Crippen molar-refractivity contribution in [2.24, 2.45) is 16.7 Å². The maximum Gasteiger partial charge on any atom is 0.306 e. The Bertz CT molecular complexity index is 462. The molecule has 1 aliphatic heterocycles. The topological polar surface area (TPSA) is 44.8 Å². The van der Waals surface area contributed by atoms with E-state index in [2.05, 4.69) is 20.8 Å². The summed E-state index contributed by atoms with van der Waals surface area (Å²) in [6.07, 6.45) is 3.16. The number of rotatable bonds is 3. The van der Waals surface area contributed by atoms with Gasteiger partial charge in [0.25, 0.3) is 0 Å². The lowest BCUT2D eigenvalue weighted by atomic mass is 9.70. The van der Waals surface area contributed by atoms with Gasteiger partial charge in [-0.05, 0) is 38.5 Å². The van der Waals surface area contributed by atoms with Crippen LogP contribution >= 0.6 is 0 Å². The minimum atomic E-state index is -0.751. The van der Waals surface area contributed by atoms with E-state index in [4.69, 9.17) is 14.2 Å². The Hall–Kier alpha value is -0.610. The molecule has 0 amide bonds. The zero-order valence-electron chi connectivity index (χ0n) is 14.8. The molecule has 0 N–H and O–H groups in total. The van der Waals surface area contributed by atoms with Gasteiger partial charge >= 0.3 is 5.97 Å². The van der Waals surface area contributed by atoms with Crippen molar-refractivity contribution in [2.45, 2.75) is 91.3 Å². The van der Waals surface area contributed by atoms with Gasteiger partial charge < -0.3 is 14.2 Å². The molecule has 0 radical (unpaired) electrons. The molecule has 4 nitrogen and oxygen atoms in total. The van der Waals surface area contributed by atoms with Crippen molar-refractivity contribution in [2.75, 3.05) is 0 Å². The average molecular weight is 310 g/mol. The highest BCUT2D eigenvalue weighted by Crippen LogP contribution is 2.72. The van der Waals surface area contributed by atoms with Crippen LogP contribution in [0.5, 0.6) is 0 Å². The van der Waals surface area contributed by atoms with Gasteiger partial charge in [0, 0.05) is 17.8 Å². The molecule has 0 aromatic carbocycles. The largest absolute Gasteiger partial charge is 0.456 e. The zero-order chi connectivity index (χ0) is 16.3. The summed E-state index contributed by atoms with van der Waals surface area (Å²) in [5.74, 6) is -0.605.